The molecule has 0 aliphatic rings. The Morgan fingerprint density at radius 2 is 2.24 bits per heavy atom. The maximum absolute atomic E-state index is 11.0. The molecule has 8 heteroatoms. The lowest BCUT2D eigenvalue weighted by Gasteiger charge is -2.05. The van der Waals surface area contributed by atoms with Gasteiger partial charge in [0, 0.05) is 6.07 Å². The van der Waals surface area contributed by atoms with Crippen molar-refractivity contribution in [1.82, 2.24) is 14.8 Å². The minimum atomic E-state index is -1.26. The van der Waals surface area contributed by atoms with Crippen LogP contribution in [0.4, 0.5) is 5.69 Å². The van der Waals surface area contributed by atoms with Gasteiger partial charge in [-0.25, -0.2) is 14.5 Å². The second kappa shape index (κ2) is 4.00. The molecule has 0 radical (unpaired) electrons. The van der Waals surface area contributed by atoms with E-state index >= 15 is 0 Å². The third-order valence-electron chi connectivity index (χ3n) is 2.09. The summed E-state index contributed by atoms with van der Waals surface area (Å²) < 4.78 is 1.06. The summed E-state index contributed by atoms with van der Waals surface area (Å²) in [5, 5.41) is 23.5. The van der Waals surface area contributed by atoms with Gasteiger partial charge < -0.3 is 5.11 Å². The molecule has 0 amide bonds. The molecule has 1 aromatic heterocycles. The summed E-state index contributed by atoms with van der Waals surface area (Å²) in [5.74, 6) is -1.26. The zero-order valence-corrected chi connectivity index (χ0v) is 8.35. The number of nitro benzene ring substituents is 1. The van der Waals surface area contributed by atoms with Crippen LogP contribution in [-0.2, 0) is 0 Å². The van der Waals surface area contributed by atoms with Gasteiger partial charge in [-0.15, -0.1) is 0 Å². The standard InChI is InChI=1S/C9H6N4O4/c14-9(15)6-2-1-3-7(13(16)17)8(6)12-5-10-4-11-12/h1-5H,(H,14,15). The first-order chi connectivity index (χ1) is 8.11. The Bertz CT molecular complexity index is 546. The van der Waals surface area contributed by atoms with Crippen LogP contribution in [0.2, 0.25) is 0 Å². The fourth-order valence-electron chi connectivity index (χ4n) is 1.42. The Kier molecular flexibility index (Phi) is 2.53. The molecule has 1 N–H and O–H groups in total. The highest BCUT2D eigenvalue weighted by atomic mass is 16.6. The van der Waals surface area contributed by atoms with Gasteiger partial charge in [-0.1, -0.05) is 6.07 Å². The van der Waals surface area contributed by atoms with E-state index in [0.29, 0.717) is 0 Å². The molecule has 1 heterocycles. The summed E-state index contributed by atoms with van der Waals surface area (Å²) in [6.07, 6.45) is 2.37. The van der Waals surface area contributed by atoms with Crippen LogP contribution in [0.15, 0.2) is 30.9 Å². The molecule has 2 aromatic rings. The summed E-state index contributed by atoms with van der Waals surface area (Å²) in [5.41, 5.74) is -0.650. The number of benzene rings is 1. The van der Waals surface area contributed by atoms with Crippen molar-refractivity contribution in [2.45, 2.75) is 0 Å². The fourth-order valence-corrected chi connectivity index (χ4v) is 1.42. The number of aromatic carboxylic acids is 1. The van der Waals surface area contributed by atoms with Gasteiger partial charge in [0.1, 0.15) is 12.7 Å². The molecule has 1 aromatic carbocycles. The smallest absolute Gasteiger partial charge is 0.338 e. The van der Waals surface area contributed by atoms with Gasteiger partial charge in [0.25, 0.3) is 5.69 Å². The van der Waals surface area contributed by atoms with Crippen LogP contribution >= 0.6 is 0 Å². The summed E-state index contributed by atoms with van der Waals surface area (Å²) in [7, 11) is 0. The lowest BCUT2D eigenvalue weighted by molar-refractivity contribution is -0.384. The Hall–Kier alpha value is -2.77. The van der Waals surface area contributed by atoms with Gasteiger partial charge in [0.15, 0.2) is 5.69 Å². The number of rotatable bonds is 3. The molecule has 0 aliphatic heterocycles. The van der Waals surface area contributed by atoms with Gasteiger partial charge in [0.2, 0.25) is 0 Å². The van der Waals surface area contributed by atoms with Crippen LogP contribution < -0.4 is 0 Å². The zero-order valence-electron chi connectivity index (χ0n) is 8.35. The lowest BCUT2D eigenvalue weighted by atomic mass is 10.1. The molecule has 86 valence electrons. The molecule has 17 heavy (non-hydrogen) atoms. The molecule has 0 spiro atoms. The number of hydrogen-bond acceptors (Lipinski definition) is 5. The molecule has 0 fully saturated rings. The summed E-state index contributed by atoms with van der Waals surface area (Å²) in [6.45, 7) is 0. The molecule has 2 rings (SSSR count). The first kappa shape index (κ1) is 10.7. The third kappa shape index (κ3) is 1.83. The number of para-hydroxylation sites is 1. The number of carbonyl (C=O) groups is 1. The van der Waals surface area contributed by atoms with Crippen molar-refractivity contribution in [3.05, 3.63) is 46.5 Å². The number of aromatic nitrogens is 3. The zero-order chi connectivity index (χ0) is 12.4. The molecule has 0 atom stereocenters. The van der Waals surface area contributed by atoms with Crippen LogP contribution in [0.3, 0.4) is 0 Å². The number of nitro groups is 1. The Balaban J connectivity index is 2.76. The first-order valence-electron chi connectivity index (χ1n) is 4.47. The van der Waals surface area contributed by atoms with Crippen molar-refractivity contribution in [3.8, 4) is 5.69 Å². The SMILES string of the molecule is O=C(O)c1cccc([N+](=O)[O-])c1-n1cncn1. The summed E-state index contributed by atoms with van der Waals surface area (Å²) in [4.78, 5) is 24.8. The van der Waals surface area contributed by atoms with Crippen molar-refractivity contribution in [3.63, 3.8) is 0 Å². The number of hydrogen-bond donors (Lipinski definition) is 1. The van der Waals surface area contributed by atoms with E-state index in [4.69, 9.17) is 5.11 Å². The van der Waals surface area contributed by atoms with Crippen molar-refractivity contribution in [2.24, 2.45) is 0 Å². The largest absolute Gasteiger partial charge is 0.478 e. The van der Waals surface area contributed by atoms with Crippen LogP contribution in [0.5, 0.6) is 0 Å². The van der Waals surface area contributed by atoms with E-state index in [9.17, 15) is 14.9 Å². The van der Waals surface area contributed by atoms with Gasteiger partial charge in [-0.3, -0.25) is 10.1 Å². The predicted molar refractivity (Wildman–Crippen MR) is 55.0 cm³/mol. The monoisotopic (exact) mass is 234 g/mol. The van der Waals surface area contributed by atoms with Crippen LogP contribution in [0, 0.1) is 10.1 Å². The predicted octanol–water partition coefficient (Wildman–Crippen LogP) is 0.874. The van der Waals surface area contributed by atoms with Crippen molar-refractivity contribution in [2.75, 3.05) is 0 Å². The molecule has 8 nitrogen and oxygen atoms in total. The number of nitrogens with zero attached hydrogens (tertiary/aromatic N) is 4. The van der Waals surface area contributed by atoms with E-state index in [0.717, 1.165) is 4.68 Å². The topological polar surface area (TPSA) is 111 Å². The van der Waals surface area contributed by atoms with Crippen LogP contribution in [-0.4, -0.2) is 30.8 Å². The fraction of sp³-hybridized carbons (Fsp3) is 0. The Labute approximate surface area is 94.3 Å². The van der Waals surface area contributed by atoms with E-state index in [1.54, 1.807) is 0 Å². The quantitative estimate of drug-likeness (QED) is 0.623. The van der Waals surface area contributed by atoms with Gasteiger partial charge in [-0.05, 0) is 6.07 Å². The number of carboxylic acids is 1. The van der Waals surface area contributed by atoms with Crippen LogP contribution in [0.1, 0.15) is 10.4 Å². The maximum Gasteiger partial charge on any atom is 0.338 e. The Morgan fingerprint density at radius 1 is 1.47 bits per heavy atom. The van der Waals surface area contributed by atoms with Gasteiger partial charge >= 0.3 is 5.97 Å². The maximum atomic E-state index is 11.0. The minimum absolute atomic E-state index is 0.109. The lowest BCUT2D eigenvalue weighted by Crippen LogP contribution is -2.08. The van der Waals surface area contributed by atoms with E-state index in [-0.39, 0.29) is 16.9 Å². The molecule has 0 aliphatic carbocycles. The first-order valence-corrected chi connectivity index (χ1v) is 4.47. The average molecular weight is 234 g/mol. The highest BCUT2D eigenvalue weighted by Crippen LogP contribution is 2.25. The normalized spacial score (nSPS) is 10.1. The third-order valence-corrected chi connectivity index (χ3v) is 2.09. The number of carboxylic acid groups (broad SMARTS) is 1. The Morgan fingerprint density at radius 3 is 2.76 bits per heavy atom. The molecule has 0 saturated carbocycles. The molecule has 0 unspecified atom stereocenters. The van der Waals surface area contributed by atoms with Crippen molar-refractivity contribution in [1.29, 1.82) is 0 Å². The highest BCUT2D eigenvalue weighted by molar-refractivity contribution is 5.93. The summed E-state index contributed by atoms with van der Waals surface area (Å²) >= 11 is 0. The van der Waals surface area contributed by atoms with Crippen molar-refractivity contribution >= 4 is 11.7 Å². The molecule has 0 bridgehead atoms. The average Bonchev–Trinajstić information content (AvgIpc) is 2.80. The second-order valence-electron chi connectivity index (χ2n) is 3.08. The van der Waals surface area contributed by atoms with E-state index in [1.807, 2.05) is 0 Å². The van der Waals surface area contributed by atoms with Crippen molar-refractivity contribution < 1.29 is 14.8 Å². The van der Waals surface area contributed by atoms with E-state index < -0.39 is 10.9 Å². The van der Waals surface area contributed by atoms with Gasteiger partial charge in [0.05, 0.1) is 10.5 Å². The second-order valence-corrected chi connectivity index (χ2v) is 3.08. The highest BCUT2D eigenvalue weighted by Gasteiger charge is 2.23. The molecular formula is C9H6N4O4. The van der Waals surface area contributed by atoms with E-state index in [2.05, 4.69) is 10.1 Å². The van der Waals surface area contributed by atoms with Crippen LogP contribution in [0.25, 0.3) is 5.69 Å². The minimum Gasteiger partial charge on any atom is -0.478 e. The summed E-state index contributed by atoms with van der Waals surface area (Å²) in [6, 6.07) is 3.79. The molecule has 0 saturated heterocycles. The van der Waals surface area contributed by atoms with Gasteiger partial charge in [-0.2, -0.15) is 5.10 Å². The van der Waals surface area contributed by atoms with E-state index in [1.165, 1.54) is 30.9 Å². The molecular weight excluding hydrogens is 228 g/mol.